The minimum Gasteiger partial charge on any atom is -0.325 e. The van der Waals surface area contributed by atoms with Crippen LogP contribution in [0.4, 0.5) is 5.69 Å². The number of aryl methyl sites for hydroxylation is 1. The van der Waals surface area contributed by atoms with Crippen LogP contribution in [0.1, 0.15) is 70.9 Å². The van der Waals surface area contributed by atoms with Crippen LogP contribution in [-0.4, -0.2) is 28.7 Å². The van der Waals surface area contributed by atoms with E-state index in [1.807, 2.05) is 24.9 Å². The zero-order valence-corrected chi connectivity index (χ0v) is 22.9. The summed E-state index contributed by atoms with van der Waals surface area (Å²) in [5, 5.41) is 4.01. The minimum absolute atomic E-state index is 0.0229. The van der Waals surface area contributed by atoms with Crippen molar-refractivity contribution < 1.29 is 9.59 Å². The number of piperidine rings is 1. The van der Waals surface area contributed by atoms with Crippen LogP contribution in [-0.2, 0) is 9.59 Å². The summed E-state index contributed by atoms with van der Waals surface area (Å²) in [4.78, 5) is 31.6. The van der Waals surface area contributed by atoms with Crippen molar-refractivity contribution in [3.05, 3.63) is 33.2 Å². The number of nitrogens with one attached hydrogen (secondary N) is 1. The van der Waals surface area contributed by atoms with Crippen LogP contribution in [0.15, 0.2) is 27.5 Å². The number of rotatable bonds is 3. The number of amides is 2. The maximum absolute atomic E-state index is 13.1. The SMILES string of the molecule is Cc1nccc(NC(=O)C[C@H]2CC[C@H]3[C@@H]4CC(Cl)=C5N(C)C(=O)CC[C@]5(C)[C@H]4CC[C@]23C)c1Br. The molecule has 5 nitrogen and oxygen atoms in total. The molecular weight excluding hydrogens is 514 g/mol. The molecule has 34 heavy (non-hydrogen) atoms. The highest BCUT2D eigenvalue weighted by Crippen LogP contribution is 2.67. The summed E-state index contributed by atoms with van der Waals surface area (Å²) in [5.41, 5.74) is 2.88. The summed E-state index contributed by atoms with van der Waals surface area (Å²) >= 11 is 10.5. The van der Waals surface area contributed by atoms with E-state index in [1.54, 1.807) is 6.20 Å². The Morgan fingerprint density at radius 1 is 1.26 bits per heavy atom. The third-order valence-electron chi connectivity index (χ3n) is 10.0. The number of likely N-dealkylation sites (tertiary alicyclic amines) is 1. The number of pyridine rings is 1. The van der Waals surface area contributed by atoms with Gasteiger partial charge in [-0.1, -0.05) is 25.4 Å². The lowest BCUT2D eigenvalue weighted by Crippen LogP contribution is -2.54. The van der Waals surface area contributed by atoms with Gasteiger partial charge in [-0.2, -0.15) is 0 Å². The predicted molar refractivity (Wildman–Crippen MR) is 138 cm³/mol. The third-order valence-corrected chi connectivity index (χ3v) is 11.3. The first-order valence-electron chi connectivity index (χ1n) is 12.6. The van der Waals surface area contributed by atoms with Crippen LogP contribution in [0.5, 0.6) is 0 Å². The molecule has 4 aliphatic rings. The van der Waals surface area contributed by atoms with E-state index in [4.69, 9.17) is 11.6 Å². The lowest BCUT2D eigenvalue weighted by Gasteiger charge is -2.59. The lowest BCUT2D eigenvalue weighted by atomic mass is 9.49. The van der Waals surface area contributed by atoms with Crippen molar-refractivity contribution in [1.82, 2.24) is 9.88 Å². The van der Waals surface area contributed by atoms with Gasteiger partial charge in [-0.25, -0.2) is 0 Å². The highest BCUT2D eigenvalue weighted by molar-refractivity contribution is 9.10. The van der Waals surface area contributed by atoms with Crippen LogP contribution in [0, 0.1) is 41.4 Å². The van der Waals surface area contributed by atoms with Gasteiger partial charge in [-0.3, -0.25) is 14.6 Å². The Labute approximate surface area is 216 Å². The van der Waals surface area contributed by atoms with Crippen LogP contribution < -0.4 is 5.32 Å². The van der Waals surface area contributed by atoms with Gasteiger partial charge in [0.2, 0.25) is 11.8 Å². The number of anilines is 1. The van der Waals surface area contributed by atoms with E-state index in [0.717, 1.165) is 65.1 Å². The molecule has 7 heteroatoms. The van der Waals surface area contributed by atoms with Gasteiger partial charge in [-0.05, 0) is 96.5 Å². The zero-order chi connectivity index (χ0) is 24.4. The first-order valence-corrected chi connectivity index (χ1v) is 13.8. The van der Waals surface area contributed by atoms with E-state index in [9.17, 15) is 9.59 Å². The molecule has 0 radical (unpaired) electrons. The monoisotopic (exact) mass is 547 g/mol. The molecule has 0 aromatic carbocycles. The Hall–Kier alpha value is -1.40. The molecule has 0 bridgehead atoms. The summed E-state index contributed by atoms with van der Waals surface area (Å²) in [5.74, 6) is 2.33. The number of carbonyl (C=O) groups is 2. The van der Waals surface area contributed by atoms with Crippen molar-refractivity contribution in [2.75, 3.05) is 12.4 Å². The van der Waals surface area contributed by atoms with Gasteiger partial charge in [0.1, 0.15) is 0 Å². The maximum Gasteiger partial charge on any atom is 0.226 e. The molecule has 0 spiro atoms. The van der Waals surface area contributed by atoms with Gasteiger partial charge in [0.05, 0.1) is 15.9 Å². The molecule has 1 N–H and O–H groups in total. The first kappa shape index (κ1) is 24.3. The Bertz CT molecular complexity index is 1070. The molecule has 3 aliphatic carbocycles. The molecule has 0 unspecified atom stereocenters. The van der Waals surface area contributed by atoms with Gasteiger partial charge in [0, 0.05) is 42.2 Å². The van der Waals surface area contributed by atoms with Crippen molar-refractivity contribution in [1.29, 1.82) is 0 Å². The standard InChI is InChI=1S/C27H35BrClN3O2/c1-15-24(28)21(9-12-30-15)31-22(33)13-16-5-6-18-17-14-20(29)25-27(3,11-8-23(34)32(25)4)19(17)7-10-26(16,18)2/h9,12,16-19H,5-8,10-11,13-14H2,1-4H3,(H,30,31,33)/t16-,17+,18+,19+,26-,27-/m1/s1. The summed E-state index contributed by atoms with van der Waals surface area (Å²) < 4.78 is 0.850. The van der Waals surface area contributed by atoms with Crippen LogP contribution in [0.2, 0.25) is 0 Å². The van der Waals surface area contributed by atoms with Crippen LogP contribution in [0.3, 0.4) is 0 Å². The molecule has 1 aromatic rings. The lowest BCUT2D eigenvalue weighted by molar-refractivity contribution is -0.136. The summed E-state index contributed by atoms with van der Waals surface area (Å²) in [6.45, 7) is 6.70. The summed E-state index contributed by atoms with van der Waals surface area (Å²) in [6, 6.07) is 1.85. The van der Waals surface area contributed by atoms with Gasteiger partial charge < -0.3 is 10.2 Å². The largest absolute Gasteiger partial charge is 0.325 e. The Morgan fingerprint density at radius 3 is 2.79 bits per heavy atom. The number of carbonyl (C=O) groups excluding carboxylic acids is 2. The van der Waals surface area contributed by atoms with E-state index >= 15 is 0 Å². The van der Waals surface area contributed by atoms with E-state index in [2.05, 4.69) is 40.1 Å². The van der Waals surface area contributed by atoms with Crippen molar-refractivity contribution in [3.63, 3.8) is 0 Å². The average molecular weight is 549 g/mol. The van der Waals surface area contributed by atoms with Crippen molar-refractivity contribution >= 4 is 45.0 Å². The van der Waals surface area contributed by atoms with Crippen molar-refractivity contribution in [2.24, 2.45) is 34.5 Å². The number of nitrogens with zero attached hydrogens (tertiary/aromatic N) is 2. The summed E-state index contributed by atoms with van der Waals surface area (Å²) in [7, 11) is 1.90. The van der Waals surface area contributed by atoms with Gasteiger partial charge in [0.25, 0.3) is 0 Å². The predicted octanol–water partition coefficient (Wildman–Crippen LogP) is 6.65. The Morgan fingerprint density at radius 2 is 2.03 bits per heavy atom. The number of hydrogen-bond acceptors (Lipinski definition) is 3. The first-order chi connectivity index (χ1) is 16.1. The topological polar surface area (TPSA) is 62.3 Å². The minimum atomic E-state index is -0.0229. The molecule has 1 aliphatic heterocycles. The molecule has 3 fully saturated rings. The maximum atomic E-state index is 13.1. The van der Waals surface area contributed by atoms with Gasteiger partial charge in [0.15, 0.2) is 0 Å². The normalized spacial score (nSPS) is 37.2. The van der Waals surface area contributed by atoms with Gasteiger partial charge in [-0.15, -0.1) is 0 Å². The molecule has 1 aromatic heterocycles. The molecule has 1 saturated heterocycles. The second-order valence-corrected chi connectivity index (χ2v) is 12.8. The van der Waals surface area contributed by atoms with E-state index in [0.29, 0.717) is 36.5 Å². The fourth-order valence-corrected chi connectivity index (χ4v) is 9.05. The molecular formula is C27H35BrClN3O2. The average Bonchev–Trinajstić information content (AvgIpc) is 3.10. The van der Waals surface area contributed by atoms with Crippen molar-refractivity contribution in [2.45, 2.75) is 72.1 Å². The molecule has 184 valence electrons. The second kappa shape index (κ2) is 8.62. The Kier molecular flexibility index (Phi) is 6.16. The van der Waals surface area contributed by atoms with E-state index in [-0.39, 0.29) is 22.6 Å². The zero-order valence-electron chi connectivity index (χ0n) is 20.6. The second-order valence-electron chi connectivity index (χ2n) is 11.5. The number of hydrogen-bond donors (Lipinski definition) is 1. The number of aromatic nitrogens is 1. The summed E-state index contributed by atoms with van der Waals surface area (Å²) in [6.07, 6.45) is 9.23. The molecule has 6 atom stereocenters. The van der Waals surface area contributed by atoms with Crippen LogP contribution in [0.25, 0.3) is 0 Å². The fourth-order valence-electron chi connectivity index (χ4n) is 8.19. The Balaban J connectivity index is 1.35. The number of halogens is 2. The number of fused-ring (bicyclic) bond motifs is 5. The molecule has 2 heterocycles. The van der Waals surface area contributed by atoms with E-state index < -0.39 is 0 Å². The quantitative estimate of drug-likeness (QED) is 0.460. The number of allylic oxidation sites excluding steroid dienone is 2. The third kappa shape index (κ3) is 3.66. The highest BCUT2D eigenvalue weighted by atomic mass is 79.9. The fraction of sp³-hybridized carbons (Fsp3) is 0.667. The smallest absolute Gasteiger partial charge is 0.226 e. The van der Waals surface area contributed by atoms with E-state index in [1.165, 1.54) is 0 Å². The highest BCUT2D eigenvalue weighted by Gasteiger charge is 2.60. The molecule has 2 saturated carbocycles. The molecule has 2 amide bonds. The van der Waals surface area contributed by atoms with Crippen molar-refractivity contribution in [3.8, 4) is 0 Å². The van der Waals surface area contributed by atoms with Gasteiger partial charge >= 0.3 is 0 Å². The van der Waals surface area contributed by atoms with Crippen LogP contribution >= 0.6 is 27.5 Å². The molecule has 5 rings (SSSR count).